The van der Waals surface area contributed by atoms with Gasteiger partial charge in [-0.2, -0.15) is 0 Å². The average Bonchev–Trinajstić information content (AvgIpc) is 2.22. The summed E-state index contributed by atoms with van der Waals surface area (Å²) in [7, 11) is 3.53. The Morgan fingerprint density at radius 1 is 1.67 bits per heavy atom. The molecule has 1 rings (SSSR count). The SMILES string of the molecule is CCN(C)C(=O)NC1CCC(=O)N(C)C1. The van der Waals surface area contributed by atoms with E-state index in [2.05, 4.69) is 5.32 Å². The van der Waals surface area contributed by atoms with Gasteiger partial charge in [-0.1, -0.05) is 0 Å². The minimum absolute atomic E-state index is 0.0646. The predicted molar refractivity (Wildman–Crippen MR) is 57.5 cm³/mol. The monoisotopic (exact) mass is 213 g/mol. The Balaban J connectivity index is 2.40. The van der Waals surface area contributed by atoms with Gasteiger partial charge in [0.25, 0.3) is 0 Å². The lowest BCUT2D eigenvalue weighted by molar-refractivity contribution is -0.132. The van der Waals surface area contributed by atoms with E-state index in [1.807, 2.05) is 6.92 Å². The Hall–Kier alpha value is -1.26. The molecule has 0 bridgehead atoms. The third-order valence-corrected chi connectivity index (χ3v) is 2.78. The summed E-state index contributed by atoms with van der Waals surface area (Å²) >= 11 is 0. The van der Waals surface area contributed by atoms with E-state index in [9.17, 15) is 9.59 Å². The zero-order valence-corrected chi connectivity index (χ0v) is 9.62. The van der Waals surface area contributed by atoms with E-state index >= 15 is 0 Å². The Kier molecular flexibility index (Phi) is 3.94. The van der Waals surface area contributed by atoms with E-state index in [4.69, 9.17) is 0 Å². The molecule has 1 heterocycles. The summed E-state index contributed by atoms with van der Waals surface area (Å²) in [4.78, 5) is 26.0. The maximum absolute atomic E-state index is 11.5. The Labute approximate surface area is 90.4 Å². The van der Waals surface area contributed by atoms with Crippen molar-refractivity contribution in [3.63, 3.8) is 0 Å². The van der Waals surface area contributed by atoms with Crippen LogP contribution in [-0.2, 0) is 4.79 Å². The van der Waals surface area contributed by atoms with Gasteiger partial charge in [-0.3, -0.25) is 4.79 Å². The van der Waals surface area contributed by atoms with Crippen molar-refractivity contribution < 1.29 is 9.59 Å². The molecular formula is C10H19N3O2. The lowest BCUT2D eigenvalue weighted by atomic mass is 10.1. The Morgan fingerprint density at radius 3 is 2.87 bits per heavy atom. The van der Waals surface area contributed by atoms with Crippen LogP contribution < -0.4 is 5.32 Å². The molecule has 3 amide bonds. The quantitative estimate of drug-likeness (QED) is 0.715. The molecule has 15 heavy (non-hydrogen) atoms. The molecule has 1 fully saturated rings. The van der Waals surface area contributed by atoms with Gasteiger partial charge in [0.15, 0.2) is 0 Å². The van der Waals surface area contributed by atoms with Gasteiger partial charge in [-0.25, -0.2) is 4.79 Å². The number of urea groups is 1. The number of hydrogen-bond acceptors (Lipinski definition) is 2. The van der Waals surface area contributed by atoms with Crippen LogP contribution in [0.15, 0.2) is 0 Å². The Bertz CT molecular complexity index is 255. The third-order valence-electron chi connectivity index (χ3n) is 2.78. The van der Waals surface area contributed by atoms with Gasteiger partial charge in [-0.05, 0) is 13.3 Å². The van der Waals surface area contributed by atoms with Crippen molar-refractivity contribution in [1.82, 2.24) is 15.1 Å². The van der Waals surface area contributed by atoms with Crippen LogP contribution in [-0.4, -0.2) is 55.0 Å². The third kappa shape index (κ3) is 3.11. The number of nitrogens with one attached hydrogen (secondary N) is 1. The summed E-state index contributed by atoms with van der Waals surface area (Å²) in [6.45, 7) is 3.23. The summed E-state index contributed by atoms with van der Waals surface area (Å²) < 4.78 is 0. The lowest BCUT2D eigenvalue weighted by Gasteiger charge is -2.31. The van der Waals surface area contributed by atoms with Crippen molar-refractivity contribution in [2.45, 2.75) is 25.8 Å². The molecule has 1 unspecified atom stereocenters. The fourth-order valence-corrected chi connectivity index (χ4v) is 1.56. The lowest BCUT2D eigenvalue weighted by Crippen LogP contribution is -2.51. The molecule has 1 saturated heterocycles. The maximum Gasteiger partial charge on any atom is 0.317 e. The molecule has 0 aromatic carbocycles. The van der Waals surface area contributed by atoms with Crippen LogP contribution in [0.5, 0.6) is 0 Å². The fraction of sp³-hybridized carbons (Fsp3) is 0.800. The van der Waals surface area contributed by atoms with Crippen LogP contribution >= 0.6 is 0 Å². The number of nitrogens with zero attached hydrogens (tertiary/aromatic N) is 2. The largest absolute Gasteiger partial charge is 0.344 e. The van der Waals surface area contributed by atoms with Crippen molar-refractivity contribution in [1.29, 1.82) is 0 Å². The number of amides is 3. The van der Waals surface area contributed by atoms with E-state index in [1.165, 1.54) is 0 Å². The van der Waals surface area contributed by atoms with E-state index in [0.29, 0.717) is 19.5 Å². The summed E-state index contributed by atoms with van der Waals surface area (Å²) in [6, 6.07) is 0.0273. The number of carbonyl (C=O) groups excluding carboxylic acids is 2. The summed E-state index contributed by atoms with van der Waals surface area (Å²) in [5.74, 6) is 0.157. The van der Waals surface area contributed by atoms with Crippen molar-refractivity contribution in [2.24, 2.45) is 0 Å². The molecule has 0 radical (unpaired) electrons. The van der Waals surface area contributed by atoms with Crippen LogP contribution in [0.1, 0.15) is 19.8 Å². The summed E-state index contributed by atoms with van der Waals surface area (Å²) in [6.07, 6.45) is 1.27. The molecule has 5 nitrogen and oxygen atoms in total. The first-order chi connectivity index (χ1) is 7.04. The van der Waals surface area contributed by atoms with Gasteiger partial charge in [0.2, 0.25) is 5.91 Å². The zero-order chi connectivity index (χ0) is 11.4. The minimum atomic E-state index is -0.0646. The van der Waals surface area contributed by atoms with Gasteiger partial charge in [-0.15, -0.1) is 0 Å². The second kappa shape index (κ2) is 5.00. The number of carbonyl (C=O) groups is 2. The van der Waals surface area contributed by atoms with Crippen LogP contribution in [0, 0.1) is 0 Å². The number of likely N-dealkylation sites (N-methyl/N-ethyl adjacent to an activating group) is 1. The number of likely N-dealkylation sites (tertiary alicyclic amines) is 1. The number of hydrogen-bond donors (Lipinski definition) is 1. The van der Waals surface area contributed by atoms with Gasteiger partial charge in [0, 0.05) is 39.6 Å². The molecule has 1 atom stereocenters. The van der Waals surface area contributed by atoms with Crippen molar-refractivity contribution >= 4 is 11.9 Å². The molecule has 0 saturated carbocycles. The molecule has 1 aliphatic heterocycles. The highest BCUT2D eigenvalue weighted by Gasteiger charge is 2.24. The normalized spacial score (nSPS) is 21.4. The topological polar surface area (TPSA) is 52.7 Å². The zero-order valence-electron chi connectivity index (χ0n) is 9.62. The van der Waals surface area contributed by atoms with E-state index in [0.717, 1.165) is 6.42 Å². The highest BCUT2D eigenvalue weighted by molar-refractivity contribution is 5.78. The van der Waals surface area contributed by atoms with Crippen LogP contribution in [0.4, 0.5) is 4.79 Å². The first-order valence-electron chi connectivity index (χ1n) is 5.30. The van der Waals surface area contributed by atoms with Gasteiger partial charge < -0.3 is 15.1 Å². The van der Waals surface area contributed by atoms with Crippen molar-refractivity contribution in [3.05, 3.63) is 0 Å². The molecular weight excluding hydrogens is 194 g/mol. The molecule has 0 aliphatic carbocycles. The van der Waals surface area contributed by atoms with Crippen LogP contribution in [0.25, 0.3) is 0 Å². The molecule has 1 aliphatic rings. The molecule has 0 aromatic heterocycles. The van der Waals surface area contributed by atoms with E-state index in [-0.39, 0.29) is 18.0 Å². The Morgan fingerprint density at radius 2 is 2.33 bits per heavy atom. The molecule has 0 aromatic rings. The number of piperidine rings is 1. The summed E-state index contributed by atoms with van der Waals surface area (Å²) in [5.41, 5.74) is 0. The molecule has 0 spiro atoms. The van der Waals surface area contributed by atoms with Crippen LogP contribution in [0.2, 0.25) is 0 Å². The first-order valence-corrected chi connectivity index (χ1v) is 5.30. The van der Waals surface area contributed by atoms with Gasteiger partial charge in [0.05, 0.1) is 0 Å². The molecule has 5 heteroatoms. The van der Waals surface area contributed by atoms with Gasteiger partial charge >= 0.3 is 6.03 Å². The molecule has 86 valence electrons. The standard InChI is InChI=1S/C10H19N3O2/c1-4-12(2)10(15)11-8-5-6-9(14)13(3)7-8/h8H,4-7H2,1-3H3,(H,11,15). The highest BCUT2D eigenvalue weighted by atomic mass is 16.2. The van der Waals surface area contributed by atoms with Gasteiger partial charge in [0.1, 0.15) is 0 Å². The van der Waals surface area contributed by atoms with Crippen LogP contribution in [0.3, 0.4) is 0 Å². The van der Waals surface area contributed by atoms with Crippen molar-refractivity contribution in [2.75, 3.05) is 27.2 Å². The smallest absolute Gasteiger partial charge is 0.317 e. The maximum atomic E-state index is 11.5. The summed E-state index contributed by atoms with van der Waals surface area (Å²) in [5, 5.41) is 2.91. The van der Waals surface area contributed by atoms with E-state index < -0.39 is 0 Å². The minimum Gasteiger partial charge on any atom is -0.344 e. The second-order valence-corrected chi connectivity index (χ2v) is 3.97. The predicted octanol–water partition coefficient (Wildman–Crippen LogP) is 0.268. The second-order valence-electron chi connectivity index (χ2n) is 3.97. The highest BCUT2D eigenvalue weighted by Crippen LogP contribution is 2.09. The van der Waals surface area contributed by atoms with E-state index in [1.54, 1.807) is 23.9 Å². The average molecular weight is 213 g/mol. The number of rotatable bonds is 2. The fourth-order valence-electron chi connectivity index (χ4n) is 1.56. The first kappa shape index (κ1) is 11.8. The van der Waals surface area contributed by atoms with Crippen molar-refractivity contribution in [3.8, 4) is 0 Å². The molecule has 1 N–H and O–H groups in total.